The lowest BCUT2D eigenvalue weighted by molar-refractivity contribution is 0.105. The maximum Gasteiger partial charge on any atom is 0.409 e. The lowest BCUT2D eigenvalue weighted by atomic mass is 9.94. The molecule has 0 aromatic heterocycles. The number of carbonyl (C=O) groups excluding carboxylic acids is 1. The minimum atomic E-state index is -0.672. The summed E-state index contributed by atoms with van der Waals surface area (Å²) in [5, 5.41) is 9.06. The van der Waals surface area contributed by atoms with E-state index in [0.717, 1.165) is 0 Å². The predicted molar refractivity (Wildman–Crippen MR) is 47.2 cm³/mol. The molecule has 0 bridgehead atoms. The van der Waals surface area contributed by atoms with Crippen molar-refractivity contribution in [3.63, 3.8) is 0 Å². The Bertz CT molecular complexity index is 210. The van der Waals surface area contributed by atoms with Crippen LogP contribution in [-0.2, 0) is 4.74 Å². The van der Waals surface area contributed by atoms with Gasteiger partial charge in [0, 0.05) is 6.54 Å². The molecule has 2 atom stereocenters. The van der Waals surface area contributed by atoms with Crippen molar-refractivity contribution in [2.75, 3.05) is 20.3 Å². The molecule has 1 saturated heterocycles. The van der Waals surface area contributed by atoms with Crippen LogP contribution in [0.15, 0.2) is 0 Å². The van der Waals surface area contributed by atoms with Crippen molar-refractivity contribution in [3.8, 4) is 0 Å². The van der Waals surface area contributed by atoms with Gasteiger partial charge in [0.1, 0.15) is 0 Å². The normalized spacial score (nSPS) is 33.5. The molecule has 0 aromatic rings. The van der Waals surface area contributed by atoms with E-state index >= 15 is 0 Å². The number of nitrogens with two attached hydrogens (primary N) is 1. The number of hydrogen-bond acceptors (Lipinski definition) is 4. The molecule has 0 radical (unpaired) electrons. The van der Waals surface area contributed by atoms with Crippen molar-refractivity contribution < 1.29 is 14.6 Å². The number of methoxy groups -OCH3 is 1. The molecular formula is C8H16N2O3. The third kappa shape index (κ3) is 1.62. The molecule has 13 heavy (non-hydrogen) atoms. The van der Waals surface area contributed by atoms with Gasteiger partial charge in [-0.3, -0.25) is 0 Å². The summed E-state index contributed by atoms with van der Waals surface area (Å²) in [7, 11) is 1.34. The lowest BCUT2D eigenvalue weighted by Gasteiger charge is -2.29. The Morgan fingerprint density at radius 3 is 2.85 bits per heavy atom. The SMILES string of the molecule is COC(=O)N1CCC(N)(CO)C1C. The molecule has 1 aliphatic heterocycles. The van der Waals surface area contributed by atoms with E-state index in [0.29, 0.717) is 13.0 Å². The highest BCUT2D eigenvalue weighted by molar-refractivity contribution is 5.68. The smallest absolute Gasteiger partial charge is 0.409 e. The number of likely N-dealkylation sites (tertiary alicyclic amines) is 1. The van der Waals surface area contributed by atoms with Crippen molar-refractivity contribution in [2.45, 2.75) is 24.9 Å². The maximum atomic E-state index is 11.2. The Morgan fingerprint density at radius 2 is 2.46 bits per heavy atom. The van der Waals surface area contributed by atoms with E-state index in [1.165, 1.54) is 12.0 Å². The Kier molecular flexibility index (Phi) is 2.77. The molecule has 1 amide bonds. The number of aliphatic hydroxyl groups excluding tert-OH is 1. The molecule has 0 spiro atoms. The van der Waals surface area contributed by atoms with Gasteiger partial charge in [-0.1, -0.05) is 0 Å². The monoisotopic (exact) mass is 188 g/mol. The predicted octanol–water partition coefficient (Wildman–Crippen LogP) is -0.463. The number of aliphatic hydroxyl groups is 1. The minimum Gasteiger partial charge on any atom is -0.453 e. The van der Waals surface area contributed by atoms with Crippen LogP contribution in [0, 0.1) is 0 Å². The van der Waals surface area contributed by atoms with Crippen molar-refractivity contribution in [1.29, 1.82) is 0 Å². The first kappa shape index (κ1) is 10.3. The standard InChI is InChI=1S/C8H16N2O3/c1-6-8(9,5-11)3-4-10(6)7(12)13-2/h6,11H,3-5,9H2,1-2H3. The molecule has 5 heteroatoms. The highest BCUT2D eigenvalue weighted by Crippen LogP contribution is 2.26. The van der Waals surface area contributed by atoms with E-state index in [9.17, 15) is 4.79 Å². The molecule has 5 nitrogen and oxygen atoms in total. The minimum absolute atomic E-state index is 0.109. The van der Waals surface area contributed by atoms with E-state index in [2.05, 4.69) is 4.74 Å². The molecule has 1 heterocycles. The van der Waals surface area contributed by atoms with E-state index < -0.39 is 5.54 Å². The fourth-order valence-electron chi connectivity index (χ4n) is 1.62. The summed E-state index contributed by atoms with van der Waals surface area (Å²) < 4.78 is 4.59. The number of nitrogens with zero attached hydrogens (tertiary/aromatic N) is 1. The second-order valence-electron chi connectivity index (χ2n) is 3.48. The van der Waals surface area contributed by atoms with Crippen LogP contribution in [0.5, 0.6) is 0 Å². The lowest BCUT2D eigenvalue weighted by Crippen LogP contribution is -2.53. The van der Waals surface area contributed by atoms with Crippen LogP contribution in [0.3, 0.4) is 0 Å². The molecule has 76 valence electrons. The van der Waals surface area contributed by atoms with Gasteiger partial charge in [0.15, 0.2) is 0 Å². The van der Waals surface area contributed by atoms with Gasteiger partial charge in [0.25, 0.3) is 0 Å². The summed E-state index contributed by atoms with van der Waals surface area (Å²) in [6.07, 6.45) is 0.230. The van der Waals surface area contributed by atoms with Gasteiger partial charge in [0.05, 0.1) is 25.3 Å². The second-order valence-corrected chi connectivity index (χ2v) is 3.48. The maximum absolute atomic E-state index is 11.2. The van der Waals surface area contributed by atoms with Crippen LogP contribution < -0.4 is 5.73 Å². The third-order valence-electron chi connectivity index (χ3n) is 2.82. The topological polar surface area (TPSA) is 75.8 Å². The number of amides is 1. The van der Waals surface area contributed by atoms with Crippen LogP contribution in [-0.4, -0.2) is 47.9 Å². The third-order valence-corrected chi connectivity index (χ3v) is 2.82. The molecule has 2 unspecified atom stereocenters. The zero-order chi connectivity index (χ0) is 10.1. The Hall–Kier alpha value is -0.810. The molecule has 0 saturated carbocycles. The van der Waals surface area contributed by atoms with Crippen LogP contribution in [0.25, 0.3) is 0 Å². The molecule has 3 N–H and O–H groups in total. The summed E-state index contributed by atoms with van der Waals surface area (Å²) in [5.41, 5.74) is 5.21. The van der Waals surface area contributed by atoms with Gasteiger partial charge in [-0.05, 0) is 13.3 Å². The average Bonchev–Trinajstić information content (AvgIpc) is 2.44. The van der Waals surface area contributed by atoms with Crippen LogP contribution in [0.2, 0.25) is 0 Å². The highest BCUT2D eigenvalue weighted by Gasteiger charge is 2.43. The van der Waals surface area contributed by atoms with Gasteiger partial charge in [0.2, 0.25) is 0 Å². The van der Waals surface area contributed by atoms with Gasteiger partial charge < -0.3 is 20.5 Å². The van der Waals surface area contributed by atoms with Crippen LogP contribution in [0.1, 0.15) is 13.3 Å². The molecular weight excluding hydrogens is 172 g/mol. The van der Waals surface area contributed by atoms with E-state index in [1.54, 1.807) is 0 Å². The Morgan fingerprint density at radius 1 is 1.85 bits per heavy atom. The van der Waals surface area contributed by atoms with Gasteiger partial charge >= 0.3 is 6.09 Å². The molecule has 1 fully saturated rings. The largest absolute Gasteiger partial charge is 0.453 e. The van der Waals surface area contributed by atoms with Crippen molar-refractivity contribution >= 4 is 6.09 Å². The first-order valence-corrected chi connectivity index (χ1v) is 4.29. The first-order chi connectivity index (χ1) is 6.05. The highest BCUT2D eigenvalue weighted by atomic mass is 16.5. The number of carbonyl (C=O) groups is 1. The van der Waals surface area contributed by atoms with Crippen LogP contribution >= 0.6 is 0 Å². The Balaban J connectivity index is 2.70. The molecule has 1 rings (SSSR count). The fraction of sp³-hybridized carbons (Fsp3) is 0.875. The van der Waals surface area contributed by atoms with E-state index in [1.807, 2.05) is 6.92 Å². The summed E-state index contributed by atoms with van der Waals surface area (Å²) in [4.78, 5) is 12.7. The molecule has 0 aliphatic carbocycles. The van der Waals surface area contributed by atoms with Gasteiger partial charge in [-0.25, -0.2) is 4.79 Å². The van der Waals surface area contributed by atoms with Crippen molar-refractivity contribution in [2.24, 2.45) is 5.73 Å². The molecule has 0 aromatic carbocycles. The first-order valence-electron chi connectivity index (χ1n) is 4.29. The van der Waals surface area contributed by atoms with Crippen molar-refractivity contribution in [1.82, 2.24) is 4.90 Å². The fourth-order valence-corrected chi connectivity index (χ4v) is 1.62. The summed E-state index contributed by atoms with van der Waals surface area (Å²) in [6.45, 7) is 2.26. The van der Waals surface area contributed by atoms with E-state index in [4.69, 9.17) is 10.8 Å². The molecule has 1 aliphatic rings. The zero-order valence-corrected chi connectivity index (χ0v) is 7.99. The average molecular weight is 188 g/mol. The van der Waals surface area contributed by atoms with E-state index in [-0.39, 0.29) is 18.7 Å². The quantitative estimate of drug-likeness (QED) is 0.583. The summed E-state index contributed by atoms with van der Waals surface area (Å²) in [6, 6.07) is -0.176. The van der Waals surface area contributed by atoms with Crippen molar-refractivity contribution in [3.05, 3.63) is 0 Å². The zero-order valence-electron chi connectivity index (χ0n) is 7.99. The van der Waals surface area contributed by atoms with Gasteiger partial charge in [-0.15, -0.1) is 0 Å². The number of hydrogen-bond donors (Lipinski definition) is 2. The summed E-state index contributed by atoms with van der Waals surface area (Å²) >= 11 is 0. The number of ether oxygens (including phenoxy) is 1. The second kappa shape index (κ2) is 3.51. The van der Waals surface area contributed by atoms with Gasteiger partial charge in [-0.2, -0.15) is 0 Å². The summed E-state index contributed by atoms with van der Waals surface area (Å²) in [5.74, 6) is 0. The Labute approximate surface area is 77.5 Å². The van der Waals surface area contributed by atoms with Crippen LogP contribution in [0.4, 0.5) is 4.79 Å². The number of rotatable bonds is 1.